The Morgan fingerprint density at radius 3 is 2.81 bits per heavy atom. The van der Waals surface area contributed by atoms with Crippen LogP contribution in [-0.4, -0.2) is 32.8 Å². The van der Waals surface area contributed by atoms with Gasteiger partial charge in [-0.2, -0.15) is 0 Å². The van der Waals surface area contributed by atoms with Crippen molar-refractivity contribution in [3.8, 4) is 0 Å². The second kappa shape index (κ2) is 7.01. The summed E-state index contributed by atoms with van der Waals surface area (Å²) in [7, 11) is 0. The Morgan fingerprint density at radius 2 is 2.08 bits per heavy atom. The minimum Gasteiger partial charge on any atom is -0.461 e. The predicted molar refractivity (Wildman–Crippen MR) is 92.2 cm³/mol. The number of imidazole rings is 1. The molecule has 26 heavy (non-hydrogen) atoms. The van der Waals surface area contributed by atoms with Crippen LogP contribution in [0.3, 0.4) is 0 Å². The van der Waals surface area contributed by atoms with Crippen LogP contribution in [0.2, 0.25) is 0 Å². The number of nitrogens with one attached hydrogen (secondary N) is 1. The van der Waals surface area contributed by atoms with Crippen LogP contribution in [0.25, 0.3) is 5.65 Å². The van der Waals surface area contributed by atoms with Crippen molar-refractivity contribution < 1.29 is 19.2 Å². The van der Waals surface area contributed by atoms with Gasteiger partial charge in [0.1, 0.15) is 5.65 Å². The lowest BCUT2D eigenvalue weighted by atomic mass is 10.2. The number of carbonyl (C=O) groups is 2. The van der Waals surface area contributed by atoms with E-state index < -0.39 is 16.8 Å². The lowest BCUT2D eigenvalue weighted by molar-refractivity contribution is -0.384. The molecule has 0 aliphatic rings. The van der Waals surface area contributed by atoms with Gasteiger partial charge in [0.25, 0.3) is 11.6 Å². The van der Waals surface area contributed by atoms with Gasteiger partial charge < -0.3 is 10.1 Å². The number of rotatable bonds is 5. The number of aromatic nitrogens is 2. The van der Waals surface area contributed by atoms with Crippen LogP contribution >= 0.6 is 0 Å². The molecular formula is C17H14N4O5. The molecule has 9 nitrogen and oxygen atoms in total. The zero-order chi connectivity index (χ0) is 18.7. The van der Waals surface area contributed by atoms with E-state index in [2.05, 4.69) is 10.3 Å². The molecule has 0 saturated heterocycles. The van der Waals surface area contributed by atoms with E-state index in [1.165, 1.54) is 22.6 Å². The molecule has 132 valence electrons. The van der Waals surface area contributed by atoms with Gasteiger partial charge >= 0.3 is 5.97 Å². The molecule has 2 heterocycles. The number of amides is 1. The van der Waals surface area contributed by atoms with E-state index in [1.54, 1.807) is 31.3 Å². The summed E-state index contributed by atoms with van der Waals surface area (Å²) in [5, 5.41) is 13.5. The summed E-state index contributed by atoms with van der Waals surface area (Å²) in [4.78, 5) is 39.2. The van der Waals surface area contributed by atoms with Gasteiger partial charge in [0, 0.05) is 23.9 Å². The molecule has 1 amide bonds. The highest BCUT2D eigenvalue weighted by Gasteiger charge is 2.22. The predicted octanol–water partition coefficient (Wildman–Crippen LogP) is 2.67. The fourth-order valence-electron chi connectivity index (χ4n) is 2.40. The summed E-state index contributed by atoms with van der Waals surface area (Å²) >= 11 is 0. The number of fused-ring (bicyclic) bond motifs is 1. The molecular weight excluding hydrogens is 340 g/mol. The first kappa shape index (κ1) is 17.1. The number of nitro groups is 1. The van der Waals surface area contributed by atoms with E-state index in [0.717, 1.165) is 6.07 Å². The lowest BCUT2D eigenvalue weighted by Gasteiger charge is -2.07. The molecule has 0 atom stereocenters. The monoisotopic (exact) mass is 354 g/mol. The van der Waals surface area contributed by atoms with Crippen LogP contribution < -0.4 is 5.32 Å². The Labute approximate surface area is 147 Å². The largest absolute Gasteiger partial charge is 0.461 e. The fourth-order valence-corrected chi connectivity index (χ4v) is 2.40. The van der Waals surface area contributed by atoms with Gasteiger partial charge in [-0.15, -0.1) is 0 Å². The minimum atomic E-state index is -0.675. The van der Waals surface area contributed by atoms with Crippen molar-refractivity contribution in [2.75, 3.05) is 11.9 Å². The number of anilines is 1. The summed E-state index contributed by atoms with van der Waals surface area (Å²) < 4.78 is 6.51. The summed E-state index contributed by atoms with van der Waals surface area (Å²) in [6, 6.07) is 10.4. The molecule has 0 spiro atoms. The summed E-state index contributed by atoms with van der Waals surface area (Å²) in [5.74, 6) is -1.15. The molecule has 0 fully saturated rings. The third kappa shape index (κ3) is 3.22. The topological polar surface area (TPSA) is 116 Å². The van der Waals surface area contributed by atoms with Crippen molar-refractivity contribution in [2.45, 2.75) is 6.92 Å². The van der Waals surface area contributed by atoms with Crippen LogP contribution in [0.15, 0.2) is 48.7 Å². The molecule has 0 unspecified atom stereocenters. The van der Waals surface area contributed by atoms with E-state index in [-0.39, 0.29) is 29.4 Å². The van der Waals surface area contributed by atoms with Gasteiger partial charge in [-0.1, -0.05) is 12.1 Å². The van der Waals surface area contributed by atoms with Gasteiger partial charge in [0.2, 0.25) is 0 Å². The van der Waals surface area contributed by atoms with Gasteiger partial charge in [-0.25, -0.2) is 9.78 Å². The molecule has 1 aromatic carbocycles. The Kier molecular flexibility index (Phi) is 4.61. The number of non-ortho nitro benzene ring substituents is 1. The van der Waals surface area contributed by atoms with Crippen molar-refractivity contribution in [3.05, 3.63) is 70.0 Å². The van der Waals surface area contributed by atoms with E-state index >= 15 is 0 Å². The van der Waals surface area contributed by atoms with Gasteiger partial charge in [-0.3, -0.25) is 19.3 Å². The highest BCUT2D eigenvalue weighted by Crippen LogP contribution is 2.21. The quantitative estimate of drug-likeness (QED) is 0.428. The van der Waals surface area contributed by atoms with E-state index in [9.17, 15) is 19.7 Å². The Bertz CT molecular complexity index is 1010. The first-order valence-corrected chi connectivity index (χ1v) is 7.71. The maximum absolute atomic E-state index is 12.5. The second-order valence-corrected chi connectivity index (χ2v) is 5.22. The molecule has 3 aromatic rings. The SMILES string of the molecule is CCOC(=O)c1nc2ccccn2c1NC(=O)c1cccc([N+](=O)[O-])c1. The smallest absolute Gasteiger partial charge is 0.360 e. The van der Waals surface area contributed by atoms with E-state index in [1.807, 2.05) is 0 Å². The molecule has 2 aromatic heterocycles. The maximum atomic E-state index is 12.5. The fraction of sp³-hybridized carbons (Fsp3) is 0.118. The van der Waals surface area contributed by atoms with Crippen molar-refractivity contribution in [2.24, 2.45) is 0 Å². The van der Waals surface area contributed by atoms with Crippen molar-refractivity contribution in [1.82, 2.24) is 9.38 Å². The summed E-state index contributed by atoms with van der Waals surface area (Å²) in [5.41, 5.74) is 0.281. The zero-order valence-corrected chi connectivity index (χ0v) is 13.7. The molecule has 0 radical (unpaired) electrons. The van der Waals surface area contributed by atoms with Gasteiger partial charge in [0.15, 0.2) is 11.5 Å². The lowest BCUT2D eigenvalue weighted by Crippen LogP contribution is -2.17. The molecule has 0 aliphatic heterocycles. The highest BCUT2D eigenvalue weighted by molar-refractivity contribution is 6.07. The first-order valence-electron chi connectivity index (χ1n) is 7.71. The van der Waals surface area contributed by atoms with Crippen LogP contribution in [0.1, 0.15) is 27.8 Å². The zero-order valence-electron chi connectivity index (χ0n) is 13.7. The van der Waals surface area contributed by atoms with Crippen molar-refractivity contribution in [1.29, 1.82) is 0 Å². The van der Waals surface area contributed by atoms with E-state index in [0.29, 0.717) is 5.65 Å². The number of carbonyl (C=O) groups excluding carboxylic acids is 2. The average Bonchev–Trinajstić information content (AvgIpc) is 3.01. The van der Waals surface area contributed by atoms with Crippen LogP contribution in [0.4, 0.5) is 11.5 Å². The highest BCUT2D eigenvalue weighted by atomic mass is 16.6. The molecule has 3 rings (SSSR count). The number of hydrogen-bond acceptors (Lipinski definition) is 6. The van der Waals surface area contributed by atoms with E-state index in [4.69, 9.17) is 4.74 Å². The Morgan fingerprint density at radius 1 is 1.27 bits per heavy atom. The van der Waals surface area contributed by atoms with Crippen molar-refractivity contribution >= 4 is 29.0 Å². The average molecular weight is 354 g/mol. The number of esters is 1. The molecule has 0 bridgehead atoms. The number of hydrogen-bond donors (Lipinski definition) is 1. The van der Waals surface area contributed by atoms with Crippen LogP contribution in [0, 0.1) is 10.1 Å². The maximum Gasteiger partial charge on any atom is 0.360 e. The number of nitro benzene ring substituents is 1. The second-order valence-electron chi connectivity index (χ2n) is 5.22. The minimum absolute atomic E-state index is 0.0446. The summed E-state index contributed by atoms with van der Waals surface area (Å²) in [6.07, 6.45) is 1.63. The first-order chi connectivity index (χ1) is 12.5. The third-order valence-corrected chi connectivity index (χ3v) is 3.55. The third-order valence-electron chi connectivity index (χ3n) is 3.55. The molecule has 1 N–H and O–H groups in total. The van der Waals surface area contributed by atoms with Crippen LogP contribution in [-0.2, 0) is 4.74 Å². The number of nitrogens with zero attached hydrogens (tertiary/aromatic N) is 3. The Balaban J connectivity index is 2.01. The molecule has 9 heteroatoms. The summed E-state index contributed by atoms with van der Waals surface area (Å²) in [6.45, 7) is 1.82. The van der Waals surface area contributed by atoms with Gasteiger partial charge in [0.05, 0.1) is 11.5 Å². The van der Waals surface area contributed by atoms with Gasteiger partial charge in [-0.05, 0) is 25.1 Å². The molecule has 0 aliphatic carbocycles. The van der Waals surface area contributed by atoms with Crippen LogP contribution in [0.5, 0.6) is 0 Å². The number of ether oxygens (including phenoxy) is 1. The Hall–Kier alpha value is -3.75. The standard InChI is InChI=1S/C17H14N4O5/c1-2-26-17(23)14-15(20-9-4-3-8-13(20)18-14)19-16(22)11-6-5-7-12(10-11)21(24)25/h3-10H,2H2,1H3,(H,19,22). The molecule has 0 saturated carbocycles. The number of pyridine rings is 1. The van der Waals surface area contributed by atoms with Crippen molar-refractivity contribution in [3.63, 3.8) is 0 Å². The number of benzene rings is 1. The normalized spacial score (nSPS) is 10.5.